The minimum Gasteiger partial charge on any atom is -0.295 e. The first-order valence-corrected chi connectivity index (χ1v) is 6.01. The van der Waals surface area contributed by atoms with E-state index in [0.717, 1.165) is 12.8 Å². The van der Waals surface area contributed by atoms with Gasteiger partial charge in [0.05, 0.1) is 0 Å². The van der Waals surface area contributed by atoms with Crippen molar-refractivity contribution in [3.8, 4) is 0 Å². The summed E-state index contributed by atoms with van der Waals surface area (Å²) in [6.45, 7) is 2.26. The zero-order valence-electron chi connectivity index (χ0n) is 9.14. The van der Waals surface area contributed by atoms with Gasteiger partial charge < -0.3 is 0 Å². The van der Waals surface area contributed by atoms with Gasteiger partial charge in [0.25, 0.3) is 0 Å². The topological polar surface area (TPSA) is 17.1 Å². The van der Waals surface area contributed by atoms with E-state index in [2.05, 4.69) is 6.92 Å². The molecular formula is C13H20O. The molecule has 1 unspecified atom stereocenters. The zero-order chi connectivity index (χ0) is 10.0. The van der Waals surface area contributed by atoms with Crippen LogP contribution in [0.25, 0.3) is 0 Å². The minimum absolute atomic E-state index is 0.369. The van der Waals surface area contributed by atoms with Crippen LogP contribution in [0.3, 0.4) is 0 Å². The second kappa shape index (κ2) is 3.88. The number of ketones is 1. The number of fused-ring (bicyclic) bond motifs is 1. The second-order valence-corrected chi connectivity index (χ2v) is 4.87. The van der Waals surface area contributed by atoms with E-state index in [9.17, 15) is 4.79 Å². The summed E-state index contributed by atoms with van der Waals surface area (Å²) in [5.74, 6) is 0.369. The van der Waals surface area contributed by atoms with Gasteiger partial charge in [-0.1, -0.05) is 25.3 Å². The normalized spacial score (nSPS) is 32.4. The van der Waals surface area contributed by atoms with Crippen LogP contribution in [0.4, 0.5) is 0 Å². The fraction of sp³-hybridized carbons (Fsp3) is 0.769. The Balaban J connectivity index is 2.25. The molecule has 1 atom stereocenters. The van der Waals surface area contributed by atoms with Crippen LogP contribution in [-0.4, -0.2) is 5.78 Å². The smallest absolute Gasteiger partial charge is 0.155 e. The number of rotatable bonds is 2. The maximum Gasteiger partial charge on any atom is 0.155 e. The highest BCUT2D eigenvalue weighted by atomic mass is 16.1. The van der Waals surface area contributed by atoms with E-state index in [-0.39, 0.29) is 0 Å². The Bertz CT molecular complexity index is 260. The van der Waals surface area contributed by atoms with Crippen molar-refractivity contribution in [1.29, 1.82) is 0 Å². The molecule has 78 valence electrons. The zero-order valence-corrected chi connectivity index (χ0v) is 9.14. The van der Waals surface area contributed by atoms with E-state index >= 15 is 0 Å². The van der Waals surface area contributed by atoms with Gasteiger partial charge in [-0.25, -0.2) is 0 Å². The van der Waals surface area contributed by atoms with Crippen molar-refractivity contribution >= 4 is 5.78 Å². The highest BCUT2D eigenvalue weighted by molar-refractivity contribution is 5.91. The summed E-state index contributed by atoms with van der Waals surface area (Å²) in [7, 11) is 0. The highest BCUT2D eigenvalue weighted by Crippen LogP contribution is 2.49. The minimum atomic E-state index is 0.369. The van der Waals surface area contributed by atoms with Crippen LogP contribution in [0.15, 0.2) is 11.6 Å². The number of allylic oxidation sites excluding steroid dienone is 2. The van der Waals surface area contributed by atoms with E-state index in [0.29, 0.717) is 11.2 Å². The third-order valence-corrected chi connectivity index (χ3v) is 3.95. The van der Waals surface area contributed by atoms with Gasteiger partial charge in [-0.3, -0.25) is 4.79 Å². The average Bonchev–Trinajstić information content (AvgIpc) is 2.19. The maximum atomic E-state index is 11.4. The van der Waals surface area contributed by atoms with Crippen molar-refractivity contribution in [3.63, 3.8) is 0 Å². The average molecular weight is 192 g/mol. The molecule has 0 bridgehead atoms. The monoisotopic (exact) mass is 192 g/mol. The first-order valence-electron chi connectivity index (χ1n) is 6.01. The van der Waals surface area contributed by atoms with E-state index in [1.54, 1.807) is 0 Å². The molecule has 2 rings (SSSR count). The number of hydrogen-bond acceptors (Lipinski definition) is 1. The number of carbonyl (C=O) groups excluding carboxylic acids is 1. The van der Waals surface area contributed by atoms with Gasteiger partial charge in [0, 0.05) is 6.42 Å². The van der Waals surface area contributed by atoms with E-state index < -0.39 is 0 Å². The van der Waals surface area contributed by atoms with Crippen molar-refractivity contribution in [2.75, 3.05) is 0 Å². The van der Waals surface area contributed by atoms with Crippen LogP contribution in [0, 0.1) is 5.41 Å². The van der Waals surface area contributed by atoms with Crippen LogP contribution in [0.1, 0.15) is 58.3 Å². The van der Waals surface area contributed by atoms with Crippen LogP contribution in [0.5, 0.6) is 0 Å². The molecule has 14 heavy (non-hydrogen) atoms. The maximum absolute atomic E-state index is 11.4. The Kier molecular flexibility index (Phi) is 2.76. The third-order valence-electron chi connectivity index (χ3n) is 3.95. The predicted molar refractivity (Wildman–Crippen MR) is 58.1 cm³/mol. The van der Waals surface area contributed by atoms with Gasteiger partial charge in [-0.2, -0.15) is 0 Å². The summed E-state index contributed by atoms with van der Waals surface area (Å²) in [5.41, 5.74) is 1.93. The summed E-state index contributed by atoms with van der Waals surface area (Å²) in [5, 5.41) is 0. The Morgan fingerprint density at radius 1 is 1.29 bits per heavy atom. The van der Waals surface area contributed by atoms with Gasteiger partial charge in [0.15, 0.2) is 5.78 Å². The van der Waals surface area contributed by atoms with E-state index in [1.165, 1.54) is 44.1 Å². The molecule has 0 heterocycles. The SMILES string of the molecule is CCCC12CCCCC1=CC(=O)CC2. The molecule has 0 aliphatic heterocycles. The van der Waals surface area contributed by atoms with Gasteiger partial charge in [-0.15, -0.1) is 0 Å². The van der Waals surface area contributed by atoms with Crippen LogP contribution in [0.2, 0.25) is 0 Å². The third kappa shape index (κ3) is 1.65. The van der Waals surface area contributed by atoms with Crippen LogP contribution >= 0.6 is 0 Å². The molecule has 0 aromatic rings. The fourth-order valence-corrected chi connectivity index (χ4v) is 3.23. The molecule has 0 amide bonds. The van der Waals surface area contributed by atoms with E-state index in [1.807, 2.05) is 6.08 Å². The number of hydrogen-bond donors (Lipinski definition) is 0. The first kappa shape index (κ1) is 9.95. The van der Waals surface area contributed by atoms with Crippen molar-refractivity contribution < 1.29 is 4.79 Å². The first-order chi connectivity index (χ1) is 6.77. The lowest BCUT2D eigenvalue weighted by atomic mass is 9.62. The molecule has 0 aromatic heterocycles. The lowest BCUT2D eigenvalue weighted by molar-refractivity contribution is -0.116. The molecule has 0 aromatic carbocycles. The Hall–Kier alpha value is -0.590. The fourth-order valence-electron chi connectivity index (χ4n) is 3.23. The molecule has 2 aliphatic rings. The Morgan fingerprint density at radius 3 is 2.93 bits per heavy atom. The van der Waals surface area contributed by atoms with Crippen molar-refractivity contribution in [2.45, 2.75) is 58.3 Å². The summed E-state index contributed by atoms with van der Waals surface area (Å²) < 4.78 is 0. The predicted octanol–water partition coefficient (Wildman–Crippen LogP) is 3.64. The number of carbonyl (C=O) groups is 1. The van der Waals surface area contributed by atoms with Crippen molar-refractivity contribution in [1.82, 2.24) is 0 Å². The molecular weight excluding hydrogens is 172 g/mol. The molecule has 0 radical (unpaired) electrons. The van der Waals surface area contributed by atoms with Crippen molar-refractivity contribution in [2.24, 2.45) is 5.41 Å². The van der Waals surface area contributed by atoms with Gasteiger partial charge in [-0.05, 0) is 43.6 Å². The Morgan fingerprint density at radius 2 is 2.14 bits per heavy atom. The molecule has 1 nitrogen and oxygen atoms in total. The van der Waals surface area contributed by atoms with Gasteiger partial charge in [0.2, 0.25) is 0 Å². The summed E-state index contributed by atoms with van der Waals surface area (Å²) in [6.07, 6.45) is 11.6. The Labute approximate surface area is 86.6 Å². The summed E-state index contributed by atoms with van der Waals surface area (Å²) in [4.78, 5) is 11.4. The van der Waals surface area contributed by atoms with Gasteiger partial charge >= 0.3 is 0 Å². The molecule has 2 aliphatic carbocycles. The van der Waals surface area contributed by atoms with Gasteiger partial charge in [0.1, 0.15) is 0 Å². The quantitative estimate of drug-likeness (QED) is 0.653. The van der Waals surface area contributed by atoms with Crippen LogP contribution in [-0.2, 0) is 4.79 Å². The second-order valence-electron chi connectivity index (χ2n) is 4.87. The summed E-state index contributed by atoms with van der Waals surface area (Å²) in [6, 6.07) is 0. The van der Waals surface area contributed by atoms with Crippen molar-refractivity contribution in [3.05, 3.63) is 11.6 Å². The molecule has 0 N–H and O–H groups in total. The van der Waals surface area contributed by atoms with E-state index in [4.69, 9.17) is 0 Å². The standard InChI is InChI=1S/C13H20O/c1-2-7-13-8-4-3-5-11(13)10-12(14)6-9-13/h10H,2-9H2,1H3. The molecule has 1 saturated carbocycles. The molecule has 0 saturated heterocycles. The molecule has 1 heteroatoms. The highest BCUT2D eigenvalue weighted by Gasteiger charge is 2.37. The largest absolute Gasteiger partial charge is 0.295 e. The van der Waals surface area contributed by atoms with Crippen LogP contribution < -0.4 is 0 Å². The molecule has 1 fully saturated rings. The lowest BCUT2D eigenvalue weighted by Gasteiger charge is -2.42. The molecule has 0 spiro atoms. The summed E-state index contributed by atoms with van der Waals surface area (Å²) >= 11 is 0. The lowest BCUT2D eigenvalue weighted by Crippen LogP contribution is -2.31.